The van der Waals surface area contributed by atoms with Gasteiger partial charge in [-0.05, 0) is 51.3 Å². The van der Waals surface area contributed by atoms with Crippen LogP contribution in [0.25, 0.3) is 0 Å². The molecule has 3 atom stereocenters. The van der Waals surface area contributed by atoms with Gasteiger partial charge in [0.1, 0.15) is 29.1 Å². The molecule has 4 aliphatic rings. The molecule has 0 bridgehead atoms. The topological polar surface area (TPSA) is 86.8 Å². The van der Waals surface area contributed by atoms with Crippen molar-refractivity contribution in [1.29, 1.82) is 0 Å². The first-order valence-corrected chi connectivity index (χ1v) is 12.9. The van der Waals surface area contributed by atoms with Crippen LogP contribution in [0.2, 0.25) is 0 Å². The molecule has 1 spiro atoms. The quantitative estimate of drug-likeness (QED) is 0.613. The van der Waals surface area contributed by atoms with E-state index in [0.717, 1.165) is 36.3 Å². The van der Waals surface area contributed by atoms with Gasteiger partial charge in [0.05, 0.1) is 19.2 Å². The fourth-order valence-corrected chi connectivity index (χ4v) is 5.56. The van der Waals surface area contributed by atoms with Crippen LogP contribution in [-0.4, -0.2) is 61.4 Å². The molecule has 0 radical (unpaired) electrons. The molecule has 9 heteroatoms. The van der Waals surface area contributed by atoms with Crippen molar-refractivity contribution in [2.24, 2.45) is 0 Å². The molecule has 2 saturated heterocycles. The summed E-state index contributed by atoms with van der Waals surface area (Å²) in [6.07, 6.45) is 1.37. The van der Waals surface area contributed by atoms with Crippen molar-refractivity contribution in [2.45, 2.75) is 63.4 Å². The highest BCUT2D eigenvalue weighted by atomic mass is 16.8. The van der Waals surface area contributed by atoms with Gasteiger partial charge >= 0.3 is 6.09 Å². The summed E-state index contributed by atoms with van der Waals surface area (Å²) in [5, 5.41) is 1.19. The normalized spacial score (nSPS) is 26.4. The van der Waals surface area contributed by atoms with Crippen molar-refractivity contribution in [3.8, 4) is 11.5 Å². The van der Waals surface area contributed by atoms with Gasteiger partial charge in [0, 0.05) is 30.3 Å². The molecule has 2 amide bonds. The monoisotopic (exact) mass is 508 g/mol. The van der Waals surface area contributed by atoms with Gasteiger partial charge in [0.2, 0.25) is 12.2 Å². The van der Waals surface area contributed by atoms with Crippen molar-refractivity contribution in [1.82, 2.24) is 5.06 Å². The van der Waals surface area contributed by atoms with Crippen LogP contribution in [0.3, 0.4) is 0 Å². The lowest BCUT2D eigenvalue weighted by molar-refractivity contribution is -0.188. The zero-order valence-corrected chi connectivity index (χ0v) is 21.4. The number of carbonyl (C=O) groups excluding carboxylic acids is 2. The minimum atomic E-state index is -0.888. The summed E-state index contributed by atoms with van der Waals surface area (Å²) < 4.78 is 23.3. The summed E-state index contributed by atoms with van der Waals surface area (Å²) in [6, 6.07) is 13.5. The van der Waals surface area contributed by atoms with E-state index in [1.165, 1.54) is 5.06 Å². The molecule has 4 heterocycles. The number of rotatable bonds is 4. The van der Waals surface area contributed by atoms with E-state index in [-0.39, 0.29) is 18.6 Å². The summed E-state index contributed by atoms with van der Waals surface area (Å²) in [5.41, 5.74) is 1.21. The molecular weight excluding hydrogens is 476 g/mol. The number of para-hydroxylation sites is 1. The van der Waals surface area contributed by atoms with Crippen molar-refractivity contribution < 1.29 is 33.4 Å². The van der Waals surface area contributed by atoms with Gasteiger partial charge < -0.3 is 23.8 Å². The number of anilines is 1. The second-order valence-electron chi connectivity index (χ2n) is 10.9. The maximum absolute atomic E-state index is 14.0. The highest BCUT2D eigenvalue weighted by Gasteiger charge is 2.57. The van der Waals surface area contributed by atoms with E-state index in [9.17, 15) is 9.59 Å². The van der Waals surface area contributed by atoms with Gasteiger partial charge in [-0.25, -0.2) is 9.63 Å². The van der Waals surface area contributed by atoms with Crippen molar-refractivity contribution in [3.63, 3.8) is 0 Å². The summed E-state index contributed by atoms with van der Waals surface area (Å²) >= 11 is 0. The van der Waals surface area contributed by atoms with Gasteiger partial charge in [-0.1, -0.05) is 24.3 Å². The lowest BCUT2D eigenvalue weighted by Gasteiger charge is -2.25. The predicted octanol–water partition coefficient (Wildman–Crippen LogP) is 4.17. The number of amides is 2. The maximum Gasteiger partial charge on any atom is 0.434 e. The largest absolute Gasteiger partial charge is 0.491 e. The van der Waals surface area contributed by atoms with Gasteiger partial charge in [0.15, 0.2) is 0 Å². The van der Waals surface area contributed by atoms with Crippen LogP contribution in [0.4, 0.5) is 10.5 Å². The Morgan fingerprint density at radius 3 is 2.76 bits per heavy atom. The third-order valence-corrected chi connectivity index (χ3v) is 7.21. The lowest BCUT2D eigenvalue weighted by Crippen LogP contribution is -2.44. The fourth-order valence-electron chi connectivity index (χ4n) is 5.56. The number of benzene rings is 2. The zero-order chi connectivity index (χ0) is 25.8. The van der Waals surface area contributed by atoms with Crippen LogP contribution in [0.15, 0.2) is 42.5 Å². The molecule has 2 aromatic rings. The highest BCUT2D eigenvalue weighted by Crippen LogP contribution is 2.53. The van der Waals surface area contributed by atoms with Crippen LogP contribution in [0.5, 0.6) is 11.5 Å². The third-order valence-electron chi connectivity index (χ3n) is 7.21. The van der Waals surface area contributed by atoms with E-state index in [1.54, 1.807) is 6.07 Å². The van der Waals surface area contributed by atoms with Gasteiger partial charge in [0.25, 0.3) is 0 Å². The van der Waals surface area contributed by atoms with Gasteiger partial charge in [-0.2, -0.15) is 5.06 Å². The third kappa shape index (κ3) is 4.20. The SMILES string of the molecule is CC(C)(C)OC(=O)N1CC[C@@H](Oc2ccc3c(c2)OCC32C(=O)N(C[C@H]3CCCO3)c3ccccc32)O1. The standard InChI is InChI=1S/C28H32N2O7/c1-27(2,3)36-26(32)30-13-12-24(37-30)35-18-10-11-21-23(15-18)34-17-28(21)20-8-4-5-9-22(20)29(25(28)31)16-19-7-6-14-33-19/h4-5,8-11,15,19,24H,6-7,12-14,16-17H2,1-3H3/t19-,24+,28?/m1/s1. The van der Waals surface area contributed by atoms with E-state index in [1.807, 2.05) is 62.1 Å². The number of hydrogen-bond donors (Lipinski definition) is 0. The van der Waals surface area contributed by atoms with Crippen LogP contribution in [0, 0.1) is 0 Å². The molecule has 37 heavy (non-hydrogen) atoms. The van der Waals surface area contributed by atoms with Crippen LogP contribution < -0.4 is 14.4 Å². The molecule has 0 N–H and O–H groups in total. The van der Waals surface area contributed by atoms with Crippen molar-refractivity contribution in [2.75, 3.05) is 31.2 Å². The molecule has 6 rings (SSSR count). The van der Waals surface area contributed by atoms with E-state index in [2.05, 4.69) is 0 Å². The average molecular weight is 509 g/mol. The first-order chi connectivity index (χ1) is 17.7. The van der Waals surface area contributed by atoms with Gasteiger partial charge in [-0.3, -0.25) is 4.79 Å². The number of carbonyl (C=O) groups is 2. The average Bonchev–Trinajstić information content (AvgIpc) is 3.64. The summed E-state index contributed by atoms with van der Waals surface area (Å²) in [5.74, 6) is 1.17. The molecule has 196 valence electrons. The van der Waals surface area contributed by atoms with Crippen LogP contribution >= 0.6 is 0 Å². The highest BCUT2D eigenvalue weighted by molar-refractivity contribution is 6.11. The Morgan fingerprint density at radius 2 is 1.97 bits per heavy atom. The first kappa shape index (κ1) is 24.1. The van der Waals surface area contributed by atoms with Crippen molar-refractivity contribution >= 4 is 17.7 Å². The molecule has 0 aromatic heterocycles. The fraction of sp³-hybridized carbons (Fsp3) is 0.500. The number of nitrogens with zero attached hydrogens (tertiary/aromatic N) is 2. The van der Waals surface area contributed by atoms with Crippen molar-refractivity contribution in [3.05, 3.63) is 53.6 Å². The Hall–Kier alpha value is -3.30. The molecule has 4 aliphatic heterocycles. The molecule has 1 unspecified atom stereocenters. The maximum atomic E-state index is 14.0. The number of hydroxylamine groups is 2. The second-order valence-corrected chi connectivity index (χ2v) is 10.9. The van der Waals surface area contributed by atoms with E-state index >= 15 is 0 Å². The smallest absolute Gasteiger partial charge is 0.434 e. The van der Waals surface area contributed by atoms with E-state index in [0.29, 0.717) is 31.0 Å². The summed E-state index contributed by atoms with van der Waals surface area (Å²) in [4.78, 5) is 33.8. The Bertz CT molecular complexity index is 1220. The first-order valence-electron chi connectivity index (χ1n) is 12.9. The van der Waals surface area contributed by atoms with Crippen LogP contribution in [-0.2, 0) is 24.5 Å². The molecular formula is C28H32N2O7. The van der Waals surface area contributed by atoms with E-state index in [4.69, 9.17) is 23.8 Å². The Morgan fingerprint density at radius 1 is 1.14 bits per heavy atom. The second kappa shape index (κ2) is 8.92. The number of ether oxygens (including phenoxy) is 4. The molecule has 2 aromatic carbocycles. The summed E-state index contributed by atoms with van der Waals surface area (Å²) in [7, 11) is 0. The summed E-state index contributed by atoms with van der Waals surface area (Å²) in [6.45, 7) is 7.31. The zero-order valence-electron chi connectivity index (χ0n) is 21.4. The Kier molecular flexibility index (Phi) is 5.80. The predicted molar refractivity (Wildman–Crippen MR) is 134 cm³/mol. The minimum absolute atomic E-state index is 0.0174. The molecule has 0 saturated carbocycles. The van der Waals surface area contributed by atoms with Crippen LogP contribution in [0.1, 0.15) is 51.2 Å². The Balaban J connectivity index is 1.21. The Labute approximate surface area is 216 Å². The van der Waals surface area contributed by atoms with E-state index < -0.39 is 23.4 Å². The lowest BCUT2D eigenvalue weighted by atomic mass is 9.77. The minimum Gasteiger partial charge on any atom is -0.491 e. The molecule has 2 fully saturated rings. The number of fused-ring (bicyclic) bond motifs is 4. The van der Waals surface area contributed by atoms with Gasteiger partial charge in [-0.15, -0.1) is 0 Å². The number of hydrogen-bond acceptors (Lipinski definition) is 7. The molecule has 0 aliphatic carbocycles. The molecule has 9 nitrogen and oxygen atoms in total.